The first-order valence-corrected chi connectivity index (χ1v) is 8.80. The van der Waals surface area contributed by atoms with Crippen molar-refractivity contribution in [2.24, 2.45) is 0 Å². The second kappa shape index (κ2) is 9.03. The summed E-state index contributed by atoms with van der Waals surface area (Å²) in [6.07, 6.45) is 2.56. The van der Waals surface area contributed by atoms with E-state index in [-0.39, 0.29) is 6.04 Å². The summed E-state index contributed by atoms with van der Waals surface area (Å²) in [7, 11) is 0. The average molecular weight is 385 g/mol. The largest absolute Gasteiger partial charge is 0.486 e. The van der Waals surface area contributed by atoms with E-state index in [2.05, 4.69) is 5.32 Å². The van der Waals surface area contributed by atoms with Gasteiger partial charge in [0.15, 0.2) is 18.1 Å². The van der Waals surface area contributed by atoms with Crippen molar-refractivity contribution in [3.05, 3.63) is 65.5 Å². The minimum Gasteiger partial charge on any atom is -0.486 e. The highest BCUT2D eigenvalue weighted by Crippen LogP contribution is 2.32. The van der Waals surface area contributed by atoms with Crippen LogP contribution in [0.2, 0.25) is 0 Å². The van der Waals surface area contributed by atoms with Crippen molar-refractivity contribution in [1.29, 1.82) is 0 Å². The standard InChI is InChI=1S/C21H20FNO5/c1-14(16-6-7-18-19(12-16)27-10-9-26-18)23-20(24)13-28-21(25)8-5-15-3-2-4-17(22)11-15/h2-8,11-12,14H,9-10,13H2,1H3,(H,23,24)/b8-5+. The van der Waals surface area contributed by atoms with Gasteiger partial charge < -0.3 is 19.5 Å². The number of amides is 1. The number of hydrogen-bond donors (Lipinski definition) is 1. The summed E-state index contributed by atoms with van der Waals surface area (Å²) in [6.45, 7) is 2.39. The SMILES string of the molecule is CC(NC(=O)COC(=O)/C=C/c1cccc(F)c1)c1ccc2c(c1)OCCO2. The van der Waals surface area contributed by atoms with Crippen LogP contribution in [0.15, 0.2) is 48.5 Å². The van der Waals surface area contributed by atoms with Gasteiger partial charge in [0.2, 0.25) is 0 Å². The Morgan fingerprint density at radius 3 is 2.75 bits per heavy atom. The molecule has 1 N–H and O–H groups in total. The zero-order valence-electron chi connectivity index (χ0n) is 15.3. The van der Waals surface area contributed by atoms with Gasteiger partial charge in [-0.3, -0.25) is 4.79 Å². The average Bonchev–Trinajstić information content (AvgIpc) is 2.70. The summed E-state index contributed by atoms with van der Waals surface area (Å²) < 4.78 is 29.0. The molecule has 3 rings (SSSR count). The van der Waals surface area contributed by atoms with Gasteiger partial charge in [0, 0.05) is 6.08 Å². The molecule has 0 saturated heterocycles. The van der Waals surface area contributed by atoms with Gasteiger partial charge in [0.05, 0.1) is 6.04 Å². The maximum atomic E-state index is 13.1. The molecule has 1 unspecified atom stereocenters. The van der Waals surface area contributed by atoms with Crippen LogP contribution in [0.3, 0.4) is 0 Å². The van der Waals surface area contributed by atoms with Crippen molar-refractivity contribution in [2.45, 2.75) is 13.0 Å². The second-order valence-corrected chi connectivity index (χ2v) is 6.19. The van der Waals surface area contributed by atoms with E-state index < -0.39 is 24.3 Å². The Bertz CT molecular complexity index is 896. The van der Waals surface area contributed by atoms with Crippen LogP contribution in [0.25, 0.3) is 6.08 Å². The van der Waals surface area contributed by atoms with E-state index >= 15 is 0 Å². The molecule has 2 aromatic rings. The molecule has 1 aliphatic heterocycles. The molecule has 0 saturated carbocycles. The predicted octanol–water partition coefficient (Wildman–Crippen LogP) is 3.03. The molecule has 0 aliphatic carbocycles. The lowest BCUT2D eigenvalue weighted by atomic mass is 10.1. The first kappa shape index (κ1) is 19.4. The van der Waals surface area contributed by atoms with Gasteiger partial charge in [-0.15, -0.1) is 0 Å². The first-order chi connectivity index (χ1) is 13.5. The third-order valence-electron chi connectivity index (χ3n) is 4.05. The Hall–Kier alpha value is -3.35. The number of benzene rings is 2. The van der Waals surface area contributed by atoms with E-state index in [0.717, 1.165) is 11.6 Å². The summed E-state index contributed by atoms with van der Waals surface area (Å²) in [5.74, 6) is -0.212. The summed E-state index contributed by atoms with van der Waals surface area (Å²) in [4.78, 5) is 23.7. The van der Waals surface area contributed by atoms with E-state index in [9.17, 15) is 14.0 Å². The van der Waals surface area contributed by atoms with Crippen LogP contribution in [0, 0.1) is 5.82 Å². The third kappa shape index (κ3) is 5.33. The molecule has 6 nitrogen and oxygen atoms in total. The number of halogens is 1. The molecule has 1 aliphatic rings. The fourth-order valence-electron chi connectivity index (χ4n) is 2.66. The third-order valence-corrected chi connectivity index (χ3v) is 4.05. The van der Waals surface area contributed by atoms with E-state index in [1.165, 1.54) is 24.3 Å². The first-order valence-electron chi connectivity index (χ1n) is 8.80. The molecule has 1 heterocycles. The molecular formula is C21H20FNO5. The molecule has 0 radical (unpaired) electrons. The lowest BCUT2D eigenvalue weighted by molar-refractivity contribution is -0.144. The van der Waals surface area contributed by atoms with Gasteiger partial charge in [0.1, 0.15) is 19.0 Å². The lowest BCUT2D eigenvalue weighted by Gasteiger charge is -2.21. The van der Waals surface area contributed by atoms with Crippen LogP contribution >= 0.6 is 0 Å². The van der Waals surface area contributed by atoms with Gasteiger partial charge in [-0.1, -0.05) is 18.2 Å². The second-order valence-electron chi connectivity index (χ2n) is 6.19. The minimum atomic E-state index is -0.689. The predicted molar refractivity (Wildman–Crippen MR) is 100 cm³/mol. The summed E-state index contributed by atoms with van der Waals surface area (Å²) in [5.41, 5.74) is 1.36. The van der Waals surface area contributed by atoms with Crippen molar-refractivity contribution < 1.29 is 28.2 Å². The van der Waals surface area contributed by atoms with Crippen LogP contribution in [-0.2, 0) is 14.3 Å². The number of carbonyl (C=O) groups is 2. The van der Waals surface area contributed by atoms with Crippen molar-refractivity contribution >= 4 is 18.0 Å². The van der Waals surface area contributed by atoms with Crippen molar-refractivity contribution in [1.82, 2.24) is 5.32 Å². The molecule has 7 heteroatoms. The van der Waals surface area contributed by atoms with Crippen LogP contribution in [0.1, 0.15) is 24.1 Å². The Balaban J connectivity index is 1.47. The quantitative estimate of drug-likeness (QED) is 0.611. The summed E-state index contributed by atoms with van der Waals surface area (Å²) in [5, 5.41) is 2.75. The fraction of sp³-hybridized carbons (Fsp3) is 0.238. The molecular weight excluding hydrogens is 365 g/mol. The van der Waals surface area contributed by atoms with Crippen LogP contribution in [-0.4, -0.2) is 31.7 Å². The minimum absolute atomic E-state index is 0.301. The van der Waals surface area contributed by atoms with Gasteiger partial charge >= 0.3 is 5.97 Å². The molecule has 0 spiro atoms. The number of fused-ring (bicyclic) bond motifs is 1. The maximum absolute atomic E-state index is 13.1. The molecule has 146 valence electrons. The molecule has 0 fully saturated rings. The van der Waals surface area contributed by atoms with Crippen molar-refractivity contribution in [2.75, 3.05) is 19.8 Å². The van der Waals surface area contributed by atoms with Gasteiger partial charge in [0.25, 0.3) is 5.91 Å². The van der Waals surface area contributed by atoms with Crippen molar-refractivity contribution in [3.63, 3.8) is 0 Å². The molecule has 1 amide bonds. The summed E-state index contributed by atoms with van der Waals surface area (Å²) >= 11 is 0. The monoisotopic (exact) mass is 385 g/mol. The van der Waals surface area contributed by atoms with E-state index in [0.29, 0.717) is 30.3 Å². The summed E-state index contributed by atoms with van der Waals surface area (Å²) in [6, 6.07) is 10.9. The fourth-order valence-corrected chi connectivity index (χ4v) is 2.66. The molecule has 0 bridgehead atoms. The van der Waals surface area contributed by atoms with E-state index in [4.69, 9.17) is 14.2 Å². The number of rotatable bonds is 6. The Kier molecular flexibility index (Phi) is 6.26. The Morgan fingerprint density at radius 1 is 1.18 bits per heavy atom. The highest BCUT2D eigenvalue weighted by molar-refractivity contribution is 5.89. The highest BCUT2D eigenvalue weighted by atomic mass is 19.1. The van der Waals surface area contributed by atoms with E-state index in [1.54, 1.807) is 12.1 Å². The van der Waals surface area contributed by atoms with Gasteiger partial charge in [-0.05, 0) is 48.4 Å². The number of carbonyl (C=O) groups excluding carboxylic acids is 2. The number of hydrogen-bond acceptors (Lipinski definition) is 5. The van der Waals surface area contributed by atoms with E-state index in [1.807, 2.05) is 19.1 Å². The van der Waals surface area contributed by atoms with Crippen LogP contribution in [0.5, 0.6) is 11.5 Å². The van der Waals surface area contributed by atoms with Crippen LogP contribution < -0.4 is 14.8 Å². The van der Waals surface area contributed by atoms with Crippen LogP contribution in [0.4, 0.5) is 4.39 Å². The van der Waals surface area contributed by atoms with Crippen molar-refractivity contribution in [3.8, 4) is 11.5 Å². The molecule has 1 atom stereocenters. The molecule has 2 aromatic carbocycles. The normalized spacial score (nSPS) is 13.8. The zero-order valence-corrected chi connectivity index (χ0v) is 15.3. The zero-order chi connectivity index (χ0) is 19.9. The number of ether oxygens (including phenoxy) is 3. The number of nitrogens with one attached hydrogen (secondary N) is 1. The number of esters is 1. The van der Waals surface area contributed by atoms with Gasteiger partial charge in [-0.2, -0.15) is 0 Å². The maximum Gasteiger partial charge on any atom is 0.331 e. The Labute approximate surface area is 161 Å². The molecule has 0 aromatic heterocycles. The topological polar surface area (TPSA) is 73.9 Å². The molecule has 28 heavy (non-hydrogen) atoms. The Morgan fingerprint density at radius 2 is 1.96 bits per heavy atom. The highest BCUT2D eigenvalue weighted by Gasteiger charge is 2.16. The lowest BCUT2D eigenvalue weighted by Crippen LogP contribution is -2.31. The van der Waals surface area contributed by atoms with Gasteiger partial charge in [-0.25, -0.2) is 9.18 Å². The smallest absolute Gasteiger partial charge is 0.331 e.